The average Bonchev–Trinajstić information content (AvgIpc) is 2.89. The average molecular weight is 275 g/mol. The minimum atomic E-state index is -0.393. The third-order valence-electron chi connectivity index (χ3n) is 3.88. The number of anilines is 1. The van der Waals surface area contributed by atoms with Crippen molar-refractivity contribution in [2.75, 3.05) is 20.0 Å². The van der Waals surface area contributed by atoms with E-state index in [1.165, 1.54) is 0 Å². The van der Waals surface area contributed by atoms with Crippen molar-refractivity contribution in [1.82, 2.24) is 10.1 Å². The van der Waals surface area contributed by atoms with E-state index in [0.29, 0.717) is 28.7 Å². The summed E-state index contributed by atoms with van der Waals surface area (Å²) in [7, 11) is 3.28. The van der Waals surface area contributed by atoms with Crippen molar-refractivity contribution in [3.8, 4) is 17.2 Å². The molecule has 0 atom stereocenters. The fourth-order valence-corrected chi connectivity index (χ4v) is 2.38. The molecular weight excluding hydrogens is 258 g/mol. The monoisotopic (exact) mass is 275 g/mol. The number of hydrogen-bond acceptors (Lipinski definition) is 6. The number of benzene rings is 1. The Morgan fingerprint density at radius 3 is 2.70 bits per heavy atom. The highest BCUT2D eigenvalue weighted by Crippen LogP contribution is 2.43. The molecule has 1 saturated carbocycles. The topological polar surface area (TPSA) is 83.4 Å². The summed E-state index contributed by atoms with van der Waals surface area (Å²) in [6.45, 7) is 0. The fraction of sp³-hybridized carbons (Fsp3) is 0.429. The highest BCUT2D eigenvalue weighted by molar-refractivity contribution is 5.72. The number of ether oxygens (including phenoxy) is 2. The molecule has 1 aromatic carbocycles. The molecule has 0 aliphatic heterocycles. The van der Waals surface area contributed by atoms with Gasteiger partial charge in [0.05, 0.1) is 12.7 Å². The Morgan fingerprint density at radius 1 is 1.30 bits per heavy atom. The molecule has 6 heteroatoms. The first-order chi connectivity index (χ1) is 9.68. The van der Waals surface area contributed by atoms with E-state index in [1.807, 2.05) is 0 Å². The van der Waals surface area contributed by atoms with Crippen LogP contribution in [0.4, 0.5) is 5.69 Å². The molecule has 20 heavy (non-hydrogen) atoms. The van der Waals surface area contributed by atoms with E-state index in [0.717, 1.165) is 19.3 Å². The smallest absolute Gasteiger partial charge is 0.260 e. The Hall–Kier alpha value is -2.08. The van der Waals surface area contributed by atoms with Gasteiger partial charge in [0.15, 0.2) is 0 Å². The standard InChI is InChI=1S/C14H17N3O3/c1-18-9-4-5-11(15)10(8-9)12-16-13(17-20-12)14(19-2)6-3-7-14/h4-5,8H,3,6-7,15H2,1-2H3. The highest BCUT2D eigenvalue weighted by atomic mass is 16.5. The van der Waals surface area contributed by atoms with E-state index in [2.05, 4.69) is 10.1 Å². The molecule has 0 saturated heterocycles. The van der Waals surface area contributed by atoms with Crippen LogP contribution in [0.5, 0.6) is 5.75 Å². The highest BCUT2D eigenvalue weighted by Gasteiger charge is 2.43. The number of rotatable bonds is 4. The molecule has 3 rings (SSSR count). The minimum absolute atomic E-state index is 0.389. The number of nitrogens with zero attached hydrogens (tertiary/aromatic N) is 2. The zero-order valence-corrected chi connectivity index (χ0v) is 11.5. The molecule has 1 heterocycles. The number of aromatic nitrogens is 2. The van der Waals surface area contributed by atoms with Gasteiger partial charge in [-0.2, -0.15) is 4.98 Å². The first-order valence-electron chi connectivity index (χ1n) is 6.52. The van der Waals surface area contributed by atoms with Crippen LogP contribution in [0.15, 0.2) is 22.7 Å². The Bertz CT molecular complexity index is 614. The van der Waals surface area contributed by atoms with Crippen LogP contribution in [-0.4, -0.2) is 24.4 Å². The Kier molecular flexibility index (Phi) is 3.10. The van der Waals surface area contributed by atoms with Crippen LogP contribution < -0.4 is 10.5 Å². The van der Waals surface area contributed by atoms with Gasteiger partial charge in [-0.25, -0.2) is 0 Å². The van der Waals surface area contributed by atoms with Gasteiger partial charge in [-0.15, -0.1) is 0 Å². The van der Waals surface area contributed by atoms with E-state index in [1.54, 1.807) is 32.4 Å². The third-order valence-corrected chi connectivity index (χ3v) is 3.88. The van der Waals surface area contributed by atoms with Gasteiger partial charge in [0.1, 0.15) is 11.4 Å². The van der Waals surface area contributed by atoms with Gasteiger partial charge in [-0.3, -0.25) is 0 Å². The fourth-order valence-electron chi connectivity index (χ4n) is 2.38. The zero-order chi connectivity index (χ0) is 14.2. The number of methoxy groups -OCH3 is 2. The second kappa shape index (κ2) is 4.79. The van der Waals surface area contributed by atoms with Crippen molar-refractivity contribution in [2.45, 2.75) is 24.9 Å². The summed E-state index contributed by atoms with van der Waals surface area (Å²) in [4.78, 5) is 4.44. The van der Waals surface area contributed by atoms with Gasteiger partial charge in [0.2, 0.25) is 5.82 Å². The largest absolute Gasteiger partial charge is 0.497 e. The van der Waals surface area contributed by atoms with Crippen molar-refractivity contribution >= 4 is 5.69 Å². The van der Waals surface area contributed by atoms with E-state index in [4.69, 9.17) is 19.7 Å². The maximum absolute atomic E-state index is 5.96. The summed E-state index contributed by atoms with van der Waals surface area (Å²) in [5.41, 5.74) is 6.81. The van der Waals surface area contributed by atoms with Gasteiger partial charge >= 0.3 is 0 Å². The van der Waals surface area contributed by atoms with Crippen molar-refractivity contribution in [3.63, 3.8) is 0 Å². The van der Waals surface area contributed by atoms with Crippen molar-refractivity contribution < 1.29 is 14.0 Å². The van der Waals surface area contributed by atoms with Crippen molar-refractivity contribution in [2.24, 2.45) is 0 Å². The maximum Gasteiger partial charge on any atom is 0.260 e. The number of hydrogen-bond donors (Lipinski definition) is 1. The van der Waals surface area contributed by atoms with Crippen LogP contribution in [0.3, 0.4) is 0 Å². The Morgan fingerprint density at radius 2 is 2.10 bits per heavy atom. The SMILES string of the molecule is COc1ccc(N)c(-c2nc(C3(OC)CCC3)no2)c1. The lowest BCUT2D eigenvalue weighted by Crippen LogP contribution is -2.37. The van der Waals surface area contributed by atoms with Crippen LogP contribution in [0.25, 0.3) is 11.5 Å². The summed E-state index contributed by atoms with van der Waals surface area (Å²) in [6.07, 6.45) is 2.94. The van der Waals surface area contributed by atoms with Crippen LogP contribution in [0.2, 0.25) is 0 Å². The van der Waals surface area contributed by atoms with Crippen LogP contribution in [0, 0.1) is 0 Å². The molecule has 1 aromatic heterocycles. The van der Waals surface area contributed by atoms with Crippen LogP contribution in [-0.2, 0) is 10.3 Å². The lowest BCUT2D eigenvalue weighted by molar-refractivity contribution is -0.0858. The molecule has 0 spiro atoms. The van der Waals surface area contributed by atoms with Gasteiger partial charge < -0.3 is 19.7 Å². The second-order valence-electron chi connectivity index (χ2n) is 4.93. The zero-order valence-electron chi connectivity index (χ0n) is 11.5. The summed E-state index contributed by atoms with van der Waals surface area (Å²) in [5, 5.41) is 4.05. The first-order valence-corrected chi connectivity index (χ1v) is 6.52. The van der Waals surface area contributed by atoms with Crippen LogP contribution in [0.1, 0.15) is 25.1 Å². The summed E-state index contributed by atoms with van der Waals surface area (Å²) < 4.78 is 16.1. The lowest BCUT2D eigenvalue weighted by atomic mass is 9.79. The minimum Gasteiger partial charge on any atom is -0.497 e. The van der Waals surface area contributed by atoms with E-state index in [-0.39, 0.29) is 0 Å². The molecule has 2 aromatic rings. The molecule has 6 nitrogen and oxygen atoms in total. The summed E-state index contributed by atoms with van der Waals surface area (Å²) in [5.74, 6) is 1.67. The van der Waals surface area contributed by atoms with E-state index in [9.17, 15) is 0 Å². The molecule has 1 fully saturated rings. The summed E-state index contributed by atoms with van der Waals surface area (Å²) in [6, 6.07) is 5.33. The molecule has 0 unspecified atom stereocenters. The molecule has 0 radical (unpaired) electrons. The lowest BCUT2D eigenvalue weighted by Gasteiger charge is -2.37. The van der Waals surface area contributed by atoms with Gasteiger partial charge in [0, 0.05) is 12.8 Å². The summed E-state index contributed by atoms with van der Waals surface area (Å²) >= 11 is 0. The predicted octanol–water partition coefficient (Wildman–Crippen LogP) is 2.35. The maximum atomic E-state index is 5.96. The molecular formula is C14H17N3O3. The first kappa shape index (κ1) is 12.9. The molecule has 0 amide bonds. The van der Waals surface area contributed by atoms with Crippen molar-refractivity contribution in [1.29, 1.82) is 0 Å². The normalized spacial score (nSPS) is 16.7. The van der Waals surface area contributed by atoms with Crippen molar-refractivity contribution in [3.05, 3.63) is 24.0 Å². The van der Waals surface area contributed by atoms with Gasteiger partial charge in [-0.05, 0) is 37.5 Å². The number of nitrogens with two attached hydrogens (primary N) is 1. The number of nitrogen functional groups attached to an aromatic ring is 1. The quantitative estimate of drug-likeness (QED) is 0.862. The molecule has 106 valence electrons. The van der Waals surface area contributed by atoms with Gasteiger partial charge in [-0.1, -0.05) is 5.16 Å². The molecule has 2 N–H and O–H groups in total. The third kappa shape index (κ3) is 1.92. The van der Waals surface area contributed by atoms with Gasteiger partial charge in [0.25, 0.3) is 5.89 Å². The Labute approximate surface area is 116 Å². The predicted molar refractivity (Wildman–Crippen MR) is 73.2 cm³/mol. The molecule has 1 aliphatic rings. The van der Waals surface area contributed by atoms with E-state index >= 15 is 0 Å². The van der Waals surface area contributed by atoms with Crippen LogP contribution >= 0.6 is 0 Å². The second-order valence-corrected chi connectivity index (χ2v) is 4.93. The van der Waals surface area contributed by atoms with E-state index < -0.39 is 5.60 Å². The molecule has 1 aliphatic carbocycles. The Balaban J connectivity index is 1.98. The molecule has 0 bridgehead atoms.